The highest BCUT2D eigenvalue weighted by molar-refractivity contribution is 5.75. The van der Waals surface area contributed by atoms with Crippen LogP contribution in [0.15, 0.2) is 24.3 Å². The molecule has 1 aromatic rings. The van der Waals surface area contributed by atoms with Gasteiger partial charge in [-0.2, -0.15) is 0 Å². The smallest absolute Gasteiger partial charge is 0.150 e. The Kier molecular flexibility index (Phi) is 2.47. The van der Waals surface area contributed by atoms with Gasteiger partial charge >= 0.3 is 0 Å². The molecule has 2 nitrogen and oxygen atoms in total. The number of carbonyl (C=O) groups excluding carboxylic acids is 1. The van der Waals surface area contributed by atoms with Crippen LogP contribution in [-0.2, 0) is 0 Å². The van der Waals surface area contributed by atoms with Crippen molar-refractivity contribution >= 4 is 12.0 Å². The Hall–Kier alpha value is -1.38. The summed E-state index contributed by atoms with van der Waals surface area (Å²) in [5.41, 5.74) is 0.562. The summed E-state index contributed by atoms with van der Waals surface area (Å²) in [6.45, 7) is 2.81. The number of hydrogen-bond donors (Lipinski definition) is 0. The molecule has 1 heterocycles. The molecule has 1 atom stereocenters. The fourth-order valence-corrected chi connectivity index (χ4v) is 1.91. The molecule has 0 amide bonds. The third-order valence-corrected chi connectivity index (χ3v) is 2.82. The van der Waals surface area contributed by atoms with Crippen LogP contribution in [-0.4, -0.2) is 25.0 Å². The van der Waals surface area contributed by atoms with E-state index in [2.05, 4.69) is 0 Å². The number of benzene rings is 1. The molecule has 0 aliphatic carbocycles. The highest BCUT2D eigenvalue weighted by atomic mass is 19.1. The first-order valence-electron chi connectivity index (χ1n) is 5.10. The summed E-state index contributed by atoms with van der Waals surface area (Å²) in [5, 5.41) is 0. The average Bonchev–Trinajstić information content (AvgIpc) is 2.59. The molecular formula is C12H14FNO. The number of anilines is 1. The van der Waals surface area contributed by atoms with Crippen LogP contribution in [0.4, 0.5) is 10.1 Å². The average molecular weight is 207 g/mol. The number of rotatable bonds is 2. The molecule has 1 unspecified atom stereocenters. The van der Waals surface area contributed by atoms with Crippen molar-refractivity contribution in [3.05, 3.63) is 29.8 Å². The van der Waals surface area contributed by atoms with Crippen LogP contribution in [0, 0.1) is 0 Å². The van der Waals surface area contributed by atoms with E-state index in [4.69, 9.17) is 0 Å². The Labute approximate surface area is 88.7 Å². The van der Waals surface area contributed by atoms with Crippen molar-refractivity contribution in [1.29, 1.82) is 0 Å². The minimum absolute atomic E-state index is 0.438. The highest BCUT2D eigenvalue weighted by Gasteiger charge is 2.33. The van der Waals surface area contributed by atoms with Crippen molar-refractivity contribution in [3.8, 4) is 0 Å². The molecular weight excluding hydrogens is 193 g/mol. The van der Waals surface area contributed by atoms with Crippen molar-refractivity contribution in [2.45, 2.75) is 19.0 Å². The molecule has 0 saturated carbocycles. The molecule has 80 valence electrons. The van der Waals surface area contributed by atoms with E-state index in [1.165, 1.54) is 0 Å². The maximum atomic E-state index is 13.6. The predicted octanol–water partition coefficient (Wildman–Crippen LogP) is 2.44. The molecule has 0 N–H and O–H groups in total. The Bertz CT molecular complexity index is 358. The summed E-state index contributed by atoms with van der Waals surface area (Å²) < 4.78 is 13.6. The maximum Gasteiger partial charge on any atom is 0.150 e. The quantitative estimate of drug-likeness (QED) is 0.694. The fourth-order valence-electron chi connectivity index (χ4n) is 1.91. The zero-order valence-corrected chi connectivity index (χ0v) is 8.74. The molecule has 0 spiro atoms. The fraction of sp³-hybridized carbons (Fsp3) is 0.417. The zero-order valence-electron chi connectivity index (χ0n) is 8.74. The van der Waals surface area contributed by atoms with Crippen molar-refractivity contribution < 1.29 is 9.18 Å². The first kappa shape index (κ1) is 10.1. The van der Waals surface area contributed by atoms with Gasteiger partial charge in [-0.25, -0.2) is 4.39 Å². The summed E-state index contributed by atoms with van der Waals surface area (Å²) in [7, 11) is 0. The molecule has 1 aliphatic rings. The van der Waals surface area contributed by atoms with Gasteiger partial charge in [0, 0.05) is 24.2 Å². The van der Waals surface area contributed by atoms with Gasteiger partial charge in [-0.3, -0.25) is 4.79 Å². The van der Waals surface area contributed by atoms with E-state index < -0.39 is 5.67 Å². The number of nitrogens with zero attached hydrogens (tertiary/aromatic N) is 1. The summed E-state index contributed by atoms with van der Waals surface area (Å²) in [6.07, 6.45) is 1.38. The predicted molar refractivity (Wildman–Crippen MR) is 58.2 cm³/mol. The van der Waals surface area contributed by atoms with E-state index in [0.717, 1.165) is 18.5 Å². The van der Waals surface area contributed by atoms with Gasteiger partial charge < -0.3 is 4.90 Å². The van der Waals surface area contributed by atoms with Gasteiger partial charge in [-0.1, -0.05) is 0 Å². The van der Waals surface area contributed by atoms with Gasteiger partial charge in [-0.05, 0) is 31.2 Å². The van der Waals surface area contributed by atoms with Gasteiger partial charge in [0.25, 0.3) is 0 Å². The van der Waals surface area contributed by atoms with Crippen molar-refractivity contribution in [2.24, 2.45) is 0 Å². The van der Waals surface area contributed by atoms with Crippen LogP contribution in [0.3, 0.4) is 0 Å². The van der Waals surface area contributed by atoms with Crippen LogP contribution in [0.5, 0.6) is 0 Å². The second-order valence-corrected chi connectivity index (χ2v) is 4.29. The lowest BCUT2D eigenvalue weighted by molar-refractivity contribution is 0.112. The number of halogens is 1. The lowest BCUT2D eigenvalue weighted by atomic mass is 10.1. The Morgan fingerprint density at radius 3 is 2.53 bits per heavy atom. The van der Waals surface area contributed by atoms with Gasteiger partial charge in [0.05, 0.1) is 6.54 Å². The van der Waals surface area contributed by atoms with Crippen molar-refractivity contribution in [2.75, 3.05) is 18.0 Å². The summed E-state index contributed by atoms with van der Waals surface area (Å²) in [5.74, 6) is 0. The minimum Gasteiger partial charge on any atom is -0.368 e. The molecule has 1 aromatic carbocycles. The van der Waals surface area contributed by atoms with Crippen LogP contribution >= 0.6 is 0 Å². The third-order valence-electron chi connectivity index (χ3n) is 2.82. The summed E-state index contributed by atoms with van der Waals surface area (Å²) in [4.78, 5) is 12.5. The number of carbonyl (C=O) groups is 1. The van der Waals surface area contributed by atoms with E-state index in [9.17, 15) is 9.18 Å². The summed E-state index contributed by atoms with van der Waals surface area (Å²) >= 11 is 0. The van der Waals surface area contributed by atoms with Gasteiger partial charge in [-0.15, -0.1) is 0 Å². The summed E-state index contributed by atoms with van der Waals surface area (Å²) in [6, 6.07) is 7.25. The van der Waals surface area contributed by atoms with E-state index in [1.54, 1.807) is 19.1 Å². The minimum atomic E-state index is -1.08. The molecule has 0 aromatic heterocycles. The number of aldehydes is 1. The van der Waals surface area contributed by atoms with E-state index in [-0.39, 0.29) is 0 Å². The third kappa shape index (κ3) is 2.17. The Balaban J connectivity index is 2.14. The van der Waals surface area contributed by atoms with Gasteiger partial charge in [0.1, 0.15) is 12.0 Å². The van der Waals surface area contributed by atoms with Gasteiger partial charge in [0.2, 0.25) is 0 Å². The highest BCUT2D eigenvalue weighted by Crippen LogP contribution is 2.29. The second-order valence-electron chi connectivity index (χ2n) is 4.29. The normalized spacial score (nSPS) is 25.6. The molecule has 0 radical (unpaired) electrons. The Morgan fingerprint density at radius 2 is 2.07 bits per heavy atom. The van der Waals surface area contributed by atoms with Gasteiger partial charge in [0.15, 0.2) is 0 Å². The van der Waals surface area contributed by atoms with Crippen LogP contribution in [0.1, 0.15) is 23.7 Å². The molecule has 1 aliphatic heterocycles. The van der Waals surface area contributed by atoms with E-state index in [1.807, 2.05) is 17.0 Å². The van der Waals surface area contributed by atoms with E-state index >= 15 is 0 Å². The lowest BCUT2D eigenvalue weighted by Crippen LogP contribution is -2.25. The lowest BCUT2D eigenvalue weighted by Gasteiger charge is -2.19. The molecule has 2 rings (SSSR count). The molecule has 3 heteroatoms. The number of alkyl halides is 1. The zero-order chi connectivity index (χ0) is 10.9. The van der Waals surface area contributed by atoms with Crippen molar-refractivity contribution in [3.63, 3.8) is 0 Å². The Morgan fingerprint density at radius 1 is 1.40 bits per heavy atom. The largest absolute Gasteiger partial charge is 0.368 e. The van der Waals surface area contributed by atoms with E-state index in [0.29, 0.717) is 18.5 Å². The first-order valence-corrected chi connectivity index (χ1v) is 5.10. The van der Waals surface area contributed by atoms with Crippen LogP contribution in [0.25, 0.3) is 0 Å². The molecule has 0 bridgehead atoms. The van der Waals surface area contributed by atoms with Crippen LogP contribution < -0.4 is 4.90 Å². The topological polar surface area (TPSA) is 20.3 Å². The SMILES string of the molecule is CC1(F)CCN(c2ccc(C=O)cc2)C1. The number of hydrogen-bond acceptors (Lipinski definition) is 2. The monoisotopic (exact) mass is 207 g/mol. The van der Waals surface area contributed by atoms with Crippen molar-refractivity contribution in [1.82, 2.24) is 0 Å². The second kappa shape index (κ2) is 3.65. The van der Waals surface area contributed by atoms with Crippen LogP contribution in [0.2, 0.25) is 0 Å². The standard InChI is InChI=1S/C12H14FNO/c1-12(13)6-7-14(9-12)11-4-2-10(8-15)3-5-11/h2-5,8H,6-7,9H2,1H3. The molecule has 1 fully saturated rings. The first-order chi connectivity index (χ1) is 7.11. The maximum absolute atomic E-state index is 13.6. The molecule has 15 heavy (non-hydrogen) atoms. The molecule has 1 saturated heterocycles.